The van der Waals surface area contributed by atoms with Gasteiger partial charge in [-0.3, -0.25) is 4.79 Å². The van der Waals surface area contributed by atoms with Crippen molar-refractivity contribution in [1.29, 1.82) is 0 Å². The van der Waals surface area contributed by atoms with E-state index in [0.717, 1.165) is 17.7 Å². The van der Waals surface area contributed by atoms with Crippen molar-refractivity contribution < 1.29 is 9.53 Å². The molecule has 6 heteroatoms. The number of nitrogens with zero attached hydrogens (tertiary/aromatic N) is 1. The maximum atomic E-state index is 12.4. The van der Waals surface area contributed by atoms with Crippen LogP contribution in [0.3, 0.4) is 0 Å². The lowest BCUT2D eigenvalue weighted by Crippen LogP contribution is -2.28. The van der Waals surface area contributed by atoms with Gasteiger partial charge >= 0.3 is 0 Å². The van der Waals surface area contributed by atoms with Crippen molar-refractivity contribution in [2.75, 3.05) is 12.8 Å². The van der Waals surface area contributed by atoms with Crippen LogP contribution >= 0.6 is 11.3 Å². The van der Waals surface area contributed by atoms with Crippen LogP contribution in [0.4, 0.5) is 5.13 Å². The van der Waals surface area contributed by atoms with E-state index in [0.29, 0.717) is 15.7 Å². The summed E-state index contributed by atoms with van der Waals surface area (Å²) in [5.41, 5.74) is 7.27. The van der Waals surface area contributed by atoms with Crippen molar-refractivity contribution in [3.63, 3.8) is 0 Å². The highest BCUT2D eigenvalue weighted by Gasteiger charge is 2.20. The van der Waals surface area contributed by atoms with Crippen LogP contribution < -0.4 is 15.8 Å². The number of methoxy groups -OCH3 is 1. The number of nitrogen functional groups attached to an aromatic ring is 1. The Kier molecular flexibility index (Phi) is 4.80. The third-order valence-electron chi connectivity index (χ3n) is 3.25. The van der Waals surface area contributed by atoms with Gasteiger partial charge in [0.15, 0.2) is 5.13 Å². The molecule has 112 valence electrons. The Morgan fingerprint density at radius 1 is 1.48 bits per heavy atom. The van der Waals surface area contributed by atoms with Crippen molar-refractivity contribution in [1.82, 2.24) is 10.3 Å². The van der Waals surface area contributed by atoms with E-state index in [1.807, 2.05) is 31.2 Å². The normalized spacial score (nSPS) is 12.0. The smallest absolute Gasteiger partial charge is 0.263 e. The van der Waals surface area contributed by atoms with E-state index in [2.05, 4.69) is 10.3 Å². The van der Waals surface area contributed by atoms with Crippen LogP contribution in [-0.2, 0) is 0 Å². The molecule has 0 aliphatic rings. The molecule has 0 radical (unpaired) electrons. The molecule has 0 aliphatic carbocycles. The van der Waals surface area contributed by atoms with Gasteiger partial charge in [-0.05, 0) is 19.4 Å². The quantitative estimate of drug-likeness (QED) is 0.890. The van der Waals surface area contributed by atoms with Gasteiger partial charge in [-0.15, -0.1) is 0 Å². The number of ether oxygens (including phenoxy) is 1. The van der Waals surface area contributed by atoms with Crippen LogP contribution in [0.1, 0.15) is 40.3 Å². The molecule has 0 saturated heterocycles. The van der Waals surface area contributed by atoms with Crippen LogP contribution in [0, 0.1) is 6.92 Å². The molecule has 2 aromatic rings. The number of nitrogens with one attached hydrogen (secondary N) is 1. The van der Waals surface area contributed by atoms with Gasteiger partial charge in [-0.2, -0.15) is 0 Å². The van der Waals surface area contributed by atoms with Gasteiger partial charge in [-0.1, -0.05) is 36.5 Å². The lowest BCUT2D eigenvalue weighted by atomic mass is 10.0. The first kappa shape index (κ1) is 15.3. The van der Waals surface area contributed by atoms with Gasteiger partial charge in [-0.25, -0.2) is 4.98 Å². The first-order chi connectivity index (χ1) is 10.1. The fourth-order valence-corrected chi connectivity index (χ4v) is 2.94. The predicted octanol–water partition coefficient (Wildman–Crippen LogP) is 2.92. The molecule has 0 saturated carbocycles. The highest BCUT2D eigenvalue weighted by Crippen LogP contribution is 2.28. The SMILES string of the molecule is CCC(NC(=O)c1sc(N)nc1C)c1ccccc1OC. The first-order valence-electron chi connectivity index (χ1n) is 6.73. The molecule has 0 aliphatic heterocycles. The van der Waals surface area contributed by atoms with E-state index >= 15 is 0 Å². The van der Waals surface area contributed by atoms with Gasteiger partial charge in [0.05, 0.1) is 18.8 Å². The number of hydrogen-bond donors (Lipinski definition) is 2. The van der Waals surface area contributed by atoms with Gasteiger partial charge in [0.1, 0.15) is 10.6 Å². The highest BCUT2D eigenvalue weighted by atomic mass is 32.1. The van der Waals surface area contributed by atoms with Crippen molar-refractivity contribution >= 4 is 22.4 Å². The molecule has 1 atom stereocenters. The van der Waals surface area contributed by atoms with E-state index in [-0.39, 0.29) is 11.9 Å². The number of aromatic nitrogens is 1. The van der Waals surface area contributed by atoms with Gasteiger partial charge in [0, 0.05) is 5.56 Å². The summed E-state index contributed by atoms with van der Waals surface area (Å²) >= 11 is 1.20. The summed E-state index contributed by atoms with van der Waals surface area (Å²) in [7, 11) is 1.63. The Morgan fingerprint density at radius 2 is 2.19 bits per heavy atom. The molecule has 5 nitrogen and oxygen atoms in total. The second-order valence-corrected chi connectivity index (χ2v) is 5.67. The van der Waals surface area contributed by atoms with Gasteiger partial charge < -0.3 is 15.8 Å². The van der Waals surface area contributed by atoms with Crippen molar-refractivity contribution in [3.8, 4) is 5.75 Å². The minimum atomic E-state index is -0.153. The summed E-state index contributed by atoms with van der Waals surface area (Å²) in [6.45, 7) is 3.80. The summed E-state index contributed by atoms with van der Waals surface area (Å²) in [5, 5.41) is 3.43. The largest absolute Gasteiger partial charge is 0.496 e. The minimum absolute atomic E-state index is 0.114. The average molecular weight is 305 g/mol. The lowest BCUT2D eigenvalue weighted by molar-refractivity contribution is 0.0938. The second-order valence-electron chi connectivity index (χ2n) is 4.64. The molecular weight excluding hydrogens is 286 g/mol. The predicted molar refractivity (Wildman–Crippen MR) is 84.8 cm³/mol. The van der Waals surface area contributed by atoms with Crippen LogP contribution in [0.2, 0.25) is 0 Å². The standard InChI is InChI=1S/C15H19N3O2S/c1-4-11(10-7-5-6-8-12(10)20-3)18-14(19)13-9(2)17-15(16)21-13/h5-8,11H,4H2,1-3H3,(H2,16,17)(H,18,19). The fraction of sp³-hybridized carbons (Fsp3) is 0.333. The number of benzene rings is 1. The maximum Gasteiger partial charge on any atom is 0.263 e. The molecule has 2 rings (SSSR count). The summed E-state index contributed by atoms with van der Waals surface area (Å²) in [4.78, 5) is 17.0. The van der Waals surface area contributed by atoms with E-state index in [4.69, 9.17) is 10.5 Å². The zero-order valence-corrected chi connectivity index (χ0v) is 13.2. The minimum Gasteiger partial charge on any atom is -0.496 e. The number of carbonyl (C=O) groups excluding carboxylic acids is 1. The molecule has 0 fully saturated rings. The van der Waals surface area contributed by atoms with Crippen LogP contribution in [0.5, 0.6) is 5.75 Å². The molecule has 0 bridgehead atoms. The number of thiazole rings is 1. The molecule has 0 spiro atoms. The first-order valence-corrected chi connectivity index (χ1v) is 7.55. The van der Waals surface area contributed by atoms with Crippen molar-refractivity contribution in [3.05, 3.63) is 40.4 Å². The summed E-state index contributed by atoms with van der Waals surface area (Å²) in [5.74, 6) is 0.615. The summed E-state index contributed by atoms with van der Waals surface area (Å²) in [6.07, 6.45) is 0.763. The number of amides is 1. The monoisotopic (exact) mass is 305 g/mol. The molecule has 21 heavy (non-hydrogen) atoms. The Labute approximate surface area is 128 Å². The molecular formula is C15H19N3O2S. The van der Waals surface area contributed by atoms with Gasteiger partial charge in [0.2, 0.25) is 0 Å². The van der Waals surface area contributed by atoms with E-state index in [9.17, 15) is 4.79 Å². The zero-order chi connectivity index (χ0) is 15.4. The molecule has 3 N–H and O–H groups in total. The Morgan fingerprint density at radius 3 is 2.76 bits per heavy atom. The van der Waals surface area contributed by atoms with Crippen LogP contribution in [0.25, 0.3) is 0 Å². The Hall–Kier alpha value is -2.08. The Balaban J connectivity index is 2.23. The van der Waals surface area contributed by atoms with E-state index in [1.54, 1.807) is 14.0 Å². The number of hydrogen-bond acceptors (Lipinski definition) is 5. The molecule has 1 aromatic carbocycles. The van der Waals surface area contributed by atoms with E-state index < -0.39 is 0 Å². The number of nitrogens with two attached hydrogens (primary N) is 1. The van der Waals surface area contributed by atoms with Crippen LogP contribution in [-0.4, -0.2) is 18.0 Å². The lowest BCUT2D eigenvalue weighted by Gasteiger charge is -2.19. The average Bonchev–Trinajstić information content (AvgIpc) is 2.83. The van der Waals surface area contributed by atoms with Crippen molar-refractivity contribution in [2.24, 2.45) is 0 Å². The number of aryl methyl sites for hydroxylation is 1. The molecule has 1 aromatic heterocycles. The topological polar surface area (TPSA) is 77.2 Å². The molecule has 1 unspecified atom stereocenters. The fourth-order valence-electron chi connectivity index (χ4n) is 2.21. The third kappa shape index (κ3) is 3.33. The maximum absolute atomic E-state index is 12.4. The molecule has 1 heterocycles. The summed E-state index contributed by atoms with van der Waals surface area (Å²) < 4.78 is 5.36. The number of rotatable bonds is 5. The van der Waals surface area contributed by atoms with Gasteiger partial charge in [0.25, 0.3) is 5.91 Å². The Bertz CT molecular complexity index is 640. The zero-order valence-electron chi connectivity index (χ0n) is 12.3. The van der Waals surface area contributed by atoms with E-state index in [1.165, 1.54) is 11.3 Å². The number of para-hydroxylation sites is 1. The molecule has 1 amide bonds. The second kappa shape index (κ2) is 6.58. The number of anilines is 1. The van der Waals surface area contributed by atoms with Crippen LogP contribution in [0.15, 0.2) is 24.3 Å². The third-order valence-corrected chi connectivity index (χ3v) is 4.23. The summed E-state index contributed by atoms with van der Waals surface area (Å²) in [6, 6.07) is 7.57. The number of carbonyl (C=O) groups is 1. The van der Waals surface area contributed by atoms with Crippen molar-refractivity contribution in [2.45, 2.75) is 26.3 Å². The highest BCUT2D eigenvalue weighted by molar-refractivity contribution is 7.17.